The van der Waals surface area contributed by atoms with Crippen molar-refractivity contribution in [2.24, 2.45) is 0 Å². The van der Waals surface area contributed by atoms with Gasteiger partial charge in [-0.1, -0.05) is 0 Å². The molecule has 1 aliphatic heterocycles. The van der Waals surface area contributed by atoms with Gasteiger partial charge in [-0.15, -0.1) is 0 Å². The summed E-state index contributed by atoms with van der Waals surface area (Å²) in [6.07, 6.45) is -4.24. The van der Waals surface area contributed by atoms with Gasteiger partial charge in [0, 0.05) is 13.0 Å². The van der Waals surface area contributed by atoms with Crippen molar-refractivity contribution >= 4 is 11.7 Å². The second-order valence-corrected chi connectivity index (χ2v) is 4.07. The van der Waals surface area contributed by atoms with Gasteiger partial charge in [0.1, 0.15) is 6.17 Å². The monoisotopic (exact) mass is 278 g/mol. The number of carbonyl (C=O) groups excluding carboxylic acids is 1. The van der Waals surface area contributed by atoms with Gasteiger partial charge in [-0.05, 0) is 0 Å². The molecule has 1 amide bonds. The lowest BCUT2D eigenvalue weighted by molar-refractivity contribution is -0.141. The first-order valence-electron chi connectivity index (χ1n) is 5.44. The molecule has 1 aromatic rings. The van der Waals surface area contributed by atoms with Crippen molar-refractivity contribution in [3.05, 3.63) is 18.1 Å². The molecular weight excluding hydrogens is 268 g/mol. The minimum Gasteiger partial charge on any atom is -0.308 e. The number of nitrogens with one attached hydrogen (secondary N) is 2. The zero-order valence-electron chi connectivity index (χ0n) is 9.54. The predicted molar refractivity (Wildman–Crippen MR) is 57.0 cm³/mol. The predicted octanol–water partition coefficient (Wildman–Crippen LogP) is 1.13. The number of nitrogens with zero attached hydrogens (tertiary/aromatic N) is 2. The van der Waals surface area contributed by atoms with Crippen LogP contribution in [0.15, 0.2) is 12.4 Å². The molecule has 0 radical (unpaired) electrons. The van der Waals surface area contributed by atoms with Crippen molar-refractivity contribution in [2.75, 3.05) is 11.9 Å². The molecule has 1 aliphatic rings. The molecule has 2 rings (SSSR count). The maximum absolute atomic E-state index is 12.9. The van der Waals surface area contributed by atoms with Crippen LogP contribution in [0, 0.1) is 0 Å². The third-order valence-corrected chi connectivity index (χ3v) is 2.57. The van der Waals surface area contributed by atoms with Crippen LogP contribution in [0.25, 0.3) is 0 Å². The number of amides is 1. The van der Waals surface area contributed by atoms with E-state index in [1.54, 1.807) is 0 Å². The average Bonchev–Trinajstić information content (AvgIpc) is 2.75. The molecular formula is C10H10F4N4O. The molecule has 0 aliphatic carbocycles. The molecule has 2 N–H and O–H groups in total. The minimum absolute atomic E-state index is 0.0157. The minimum atomic E-state index is -4.64. The summed E-state index contributed by atoms with van der Waals surface area (Å²) in [5.74, 6) is -0.947. The van der Waals surface area contributed by atoms with E-state index in [0.717, 1.165) is 6.20 Å². The Hall–Kier alpha value is -1.77. The van der Waals surface area contributed by atoms with E-state index in [-0.39, 0.29) is 18.8 Å². The Morgan fingerprint density at radius 2 is 2.16 bits per heavy atom. The highest BCUT2D eigenvalue weighted by Gasteiger charge is 2.34. The van der Waals surface area contributed by atoms with Gasteiger partial charge in [-0.2, -0.15) is 13.2 Å². The zero-order chi connectivity index (χ0) is 14.0. The Bertz CT molecular complexity index is 479. The molecule has 104 valence electrons. The van der Waals surface area contributed by atoms with Crippen LogP contribution in [0.1, 0.15) is 12.1 Å². The van der Waals surface area contributed by atoms with E-state index < -0.39 is 30.0 Å². The first kappa shape index (κ1) is 13.7. The van der Waals surface area contributed by atoms with Gasteiger partial charge in [-0.3, -0.25) is 9.78 Å². The molecule has 2 unspecified atom stereocenters. The lowest BCUT2D eigenvalue weighted by Crippen LogP contribution is -2.35. The third-order valence-electron chi connectivity index (χ3n) is 2.57. The normalized spacial score (nSPS) is 23.4. The molecule has 19 heavy (non-hydrogen) atoms. The average molecular weight is 278 g/mol. The maximum Gasteiger partial charge on any atom is 0.434 e. The van der Waals surface area contributed by atoms with E-state index in [4.69, 9.17) is 0 Å². The molecule has 1 saturated heterocycles. The van der Waals surface area contributed by atoms with E-state index in [1.807, 2.05) is 0 Å². The van der Waals surface area contributed by atoms with Crippen LogP contribution in [0.2, 0.25) is 0 Å². The number of hydrogen-bond donors (Lipinski definition) is 2. The number of rotatable bonds is 2. The van der Waals surface area contributed by atoms with Crippen LogP contribution < -0.4 is 10.6 Å². The van der Waals surface area contributed by atoms with Crippen LogP contribution in [0.5, 0.6) is 0 Å². The molecule has 2 heterocycles. The highest BCUT2D eigenvalue weighted by atomic mass is 19.4. The van der Waals surface area contributed by atoms with Crippen molar-refractivity contribution in [1.82, 2.24) is 15.3 Å². The quantitative estimate of drug-likeness (QED) is 0.796. The van der Waals surface area contributed by atoms with Crippen LogP contribution in [0.4, 0.5) is 23.4 Å². The number of anilines is 1. The summed E-state index contributed by atoms with van der Waals surface area (Å²) >= 11 is 0. The first-order chi connectivity index (χ1) is 8.86. The van der Waals surface area contributed by atoms with Gasteiger partial charge < -0.3 is 10.6 Å². The molecule has 9 heteroatoms. The van der Waals surface area contributed by atoms with Crippen LogP contribution >= 0.6 is 0 Å². The van der Waals surface area contributed by atoms with Gasteiger partial charge in [-0.25, -0.2) is 9.37 Å². The van der Waals surface area contributed by atoms with Gasteiger partial charge >= 0.3 is 6.18 Å². The van der Waals surface area contributed by atoms with Crippen LogP contribution in [-0.4, -0.2) is 34.6 Å². The Balaban J connectivity index is 2.05. The maximum atomic E-state index is 12.9. The van der Waals surface area contributed by atoms with Crippen molar-refractivity contribution < 1.29 is 22.4 Å². The second kappa shape index (κ2) is 5.08. The number of hydrogen-bond acceptors (Lipinski definition) is 4. The number of carbonyl (C=O) groups is 1. The van der Waals surface area contributed by atoms with Gasteiger partial charge in [0.25, 0.3) is 0 Å². The fourth-order valence-corrected chi connectivity index (χ4v) is 1.67. The van der Waals surface area contributed by atoms with Crippen molar-refractivity contribution in [3.63, 3.8) is 0 Å². The number of aromatic nitrogens is 2. The molecule has 0 saturated carbocycles. The van der Waals surface area contributed by atoms with Gasteiger partial charge in [0.2, 0.25) is 5.91 Å². The van der Waals surface area contributed by atoms with E-state index >= 15 is 0 Å². The lowest BCUT2D eigenvalue weighted by atomic mass is 10.2. The molecule has 0 spiro atoms. The molecule has 0 bridgehead atoms. The Morgan fingerprint density at radius 1 is 1.42 bits per heavy atom. The molecule has 1 fully saturated rings. The van der Waals surface area contributed by atoms with E-state index in [2.05, 4.69) is 20.6 Å². The highest BCUT2D eigenvalue weighted by molar-refractivity contribution is 5.94. The largest absolute Gasteiger partial charge is 0.434 e. The van der Waals surface area contributed by atoms with Crippen molar-refractivity contribution in [2.45, 2.75) is 24.8 Å². The Labute approximate surface area is 105 Å². The van der Waals surface area contributed by atoms with E-state index in [1.165, 1.54) is 0 Å². The van der Waals surface area contributed by atoms with Gasteiger partial charge in [0.05, 0.1) is 18.4 Å². The fourth-order valence-electron chi connectivity index (χ4n) is 1.67. The lowest BCUT2D eigenvalue weighted by Gasteiger charge is -2.11. The van der Waals surface area contributed by atoms with E-state index in [0.29, 0.717) is 6.20 Å². The molecule has 1 aromatic heterocycles. The molecule has 5 nitrogen and oxygen atoms in total. The summed E-state index contributed by atoms with van der Waals surface area (Å²) in [7, 11) is 0. The topological polar surface area (TPSA) is 66.9 Å². The van der Waals surface area contributed by atoms with E-state index in [9.17, 15) is 22.4 Å². The summed E-state index contributed by atoms with van der Waals surface area (Å²) in [4.78, 5) is 18.2. The zero-order valence-corrected chi connectivity index (χ0v) is 9.54. The fraction of sp³-hybridized carbons (Fsp3) is 0.500. The number of alkyl halides is 4. The Morgan fingerprint density at radius 3 is 2.74 bits per heavy atom. The highest BCUT2D eigenvalue weighted by Crippen LogP contribution is 2.27. The van der Waals surface area contributed by atoms with Crippen LogP contribution in [0.3, 0.4) is 0 Å². The standard InChI is InChI=1S/C10H10F4N4O/c11-5-1-6(16-2-5)9(19)18-8-4-15-3-7(17-8)10(12,13)14/h3-6,16H,1-2H2,(H,17,18,19). The van der Waals surface area contributed by atoms with Crippen molar-refractivity contribution in [1.29, 1.82) is 0 Å². The molecule has 2 atom stereocenters. The number of halogens is 4. The summed E-state index contributed by atoms with van der Waals surface area (Å²) in [6, 6.07) is -0.772. The summed E-state index contributed by atoms with van der Waals surface area (Å²) in [6.45, 7) is 0.0480. The third kappa shape index (κ3) is 3.37. The smallest absolute Gasteiger partial charge is 0.308 e. The summed E-state index contributed by atoms with van der Waals surface area (Å²) < 4.78 is 50.0. The van der Waals surface area contributed by atoms with Gasteiger partial charge in [0.15, 0.2) is 11.5 Å². The molecule has 0 aromatic carbocycles. The first-order valence-corrected chi connectivity index (χ1v) is 5.44. The van der Waals surface area contributed by atoms with Crippen molar-refractivity contribution in [3.8, 4) is 0 Å². The summed E-state index contributed by atoms with van der Waals surface area (Å²) in [5.41, 5.74) is -1.20. The van der Waals surface area contributed by atoms with Crippen LogP contribution in [-0.2, 0) is 11.0 Å². The Kier molecular flexibility index (Phi) is 3.65. The SMILES string of the molecule is O=C(Nc1cncc(C(F)(F)F)n1)C1CC(F)CN1. The second-order valence-electron chi connectivity index (χ2n) is 4.07. The summed E-state index contributed by atoms with van der Waals surface area (Å²) in [5, 5.41) is 4.79.